The van der Waals surface area contributed by atoms with Gasteiger partial charge >= 0.3 is 0 Å². The summed E-state index contributed by atoms with van der Waals surface area (Å²) in [4.78, 5) is 0. The number of allylic oxidation sites excluding steroid dienone is 1. The molecule has 0 radical (unpaired) electrons. The van der Waals surface area contributed by atoms with Crippen LogP contribution < -0.4 is 0 Å². The highest BCUT2D eigenvalue weighted by Gasteiger charge is 2.59. The first-order valence-electron chi connectivity index (χ1n) is 9.36. The van der Waals surface area contributed by atoms with Gasteiger partial charge in [-0.05, 0) is 79.4 Å². The summed E-state index contributed by atoms with van der Waals surface area (Å²) in [5.41, 5.74) is 2.52. The summed E-state index contributed by atoms with van der Waals surface area (Å²) in [6, 6.07) is 0. The monoisotopic (exact) mass is 288 g/mol. The van der Waals surface area contributed by atoms with E-state index in [1.165, 1.54) is 51.4 Å². The van der Waals surface area contributed by atoms with E-state index in [1.807, 2.05) is 0 Å². The quantitative estimate of drug-likeness (QED) is 0.626. The van der Waals surface area contributed by atoms with E-state index in [2.05, 4.69) is 26.8 Å². The van der Waals surface area contributed by atoms with Gasteiger partial charge in [-0.1, -0.05) is 38.8 Å². The van der Waals surface area contributed by atoms with Gasteiger partial charge in [0.15, 0.2) is 0 Å². The molecule has 0 amide bonds. The SMILES string of the molecule is C[C@@H]1CC[C@H]2[C@@H]3[C@@H](O)C=C4CCCC[C@]4(C)[C@H]3CC[C@]12C. The van der Waals surface area contributed by atoms with Crippen molar-refractivity contribution in [2.75, 3.05) is 0 Å². The molecule has 118 valence electrons. The highest BCUT2D eigenvalue weighted by Crippen LogP contribution is 2.66. The number of hydrogen-bond donors (Lipinski definition) is 1. The lowest BCUT2D eigenvalue weighted by molar-refractivity contribution is -0.0851. The second kappa shape index (κ2) is 4.60. The van der Waals surface area contributed by atoms with E-state index in [-0.39, 0.29) is 6.10 Å². The minimum Gasteiger partial charge on any atom is -0.389 e. The molecule has 0 aromatic heterocycles. The van der Waals surface area contributed by atoms with Crippen LogP contribution in [0.2, 0.25) is 0 Å². The molecule has 3 fully saturated rings. The van der Waals surface area contributed by atoms with Gasteiger partial charge in [-0.25, -0.2) is 0 Å². The third-order valence-corrected chi connectivity index (χ3v) is 8.52. The van der Waals surface area contributed by atoms with Crippen molar-refractivity contribution < 1.29 is 5.11 Å². The van der Waals surface area contributed by atoms with Crippen molar-refractivity contribution >= 4 is 0 Å². The summed E-state index contributed by atoms with van der Waals surface area (Å²) in [6.45, 7) is 7.52. The molecule has 0 unspecified atom stereocenters. The van der Waals surface area contributed by atoms with E-state index in [0.29, 0.717) is 16.7 Å². The van der Waals surface area contributed by atoms with Crippen LogP contribution in [0.25, 0.3) is 0 Å². The van der Waals surface area contributed by atoms with Crippen LogP contribution in [0.15, 0.2) is 11.6 Å². The first kappa shape index (κ1) is 14.3. The molecule has 7 atom stereocenters. The number of fused-ring (bicyclic) bond motifs is 5. The van der Waals surface area contributed by atoms with Gasteiger partial charge in [-0.2, -0.15) is 0 Å². The van der Waals surface area contributed by atoms with E-state index < -0.39 is 0 Å². The molecule has 1 nitrogen and oxygen atoms in total. The highest BCUT2D eigenvalue weighted by molar-refractivity contribution is 5.26. The Morgan fingerprint density at radius 2 is 1.86 bits per heavy atom. The Balaban J connectivity index is 1.75. The molecule has 0 aromatic carbocycles. The Bertz CT molecular complexity index is 466. The third kappa shape index (κ3) is 1.79. The predicted molar refractivity (Wildman–Crippen MR) is 86.9 cm³/mol. The van der Waals surface area contributed by atoms with Crippen molar-refractivity contribution in [3.05, 3.63) is 11.6 Å². The zero-order valence-electron chi connectivity index (χ0n) is 14.1. The van der Waals surface area contributed by atoms with Gasteiger partial charge in [0.2, 0.25) is 0 Å². The van der Waals surface area contributed by atoms with Crippen LogP contribution in [0.4, 0.5) is 0 Å². The highest BCUT2D eigenvalue weighted by atomic mass is 16.3. The van der Waals surface area contributed by atoms with Crippen LogP contribution in [-0.4, -0.2) is 11.2 Å². The molecule has 0 spiro atoms. The van der Waals surface area contributed by atoms with Gasteiger partial charge in [-0.15, -0.1) is 0 Å². The number of aliphatic hydroxyl groups excluding tert-OH is 1. The summed E-state index contributed by atoms with van der Waals surface area (Å²) in [5.74, 6) is 2.90. The average Bonchev–Trinajstić information content (AvgIpc) is 2.76. The number of aliphatic hydroxyl groups is 1. The lowest BCUT2D eigenvalue weighted by Crippen LogP contribution is -2.53. The minimum absolute atomic E-state index is 0.161. The van der Waals surface area contributed by atoms with E-state index in [9.17, 15) is 5.11 Å². The van der Waals surface area contributed by atoms with E-state index in [4.69, 9.17) is 0 Å². The Morgan fingerprint density at radius 1 is 1.05 bits per heavy atom. The molecule has 1 N–H and O–H groups in total. The number of rotatable bonds is 0. The first-order valence-corrected chi connectivity index (χ1v) is 9.36. The van der Waals surface area contributed by atoms with Crippen LogP contribution in [0.5, 0.6) is 0 Å². The maximum absolute atomic E-state index is 10.9. The smallest absolute Gasteiger partial charge is 0.0757 e. The Morgan fingerprint density at radius 3 is 2.67 bits per heavy atom. The Labute approximate surface area is 130 Å². The second-order valence-corrected chi connectivity index (χ2v) is 9.12. The molecular weight excluding hydrogens is 256 g/mol. The molecule has 0 aliphatic heterocycles. The molecule has 0 saturated heterocycles. The summed E-state index contributed by atoms with van der Waals surface area (Å²) < 4.78 is 0. The van der Waals surface area contributed by atoms with Crippen molar-refractivity contribution in [1.29, 1.82) is 0 Å². The van der Waals surface area contributed by atoms with E-state index in [0.717, 1.165) is 17.8 Å². The molecule has 0 heterocycles. The maximum Gasteiger partial charge on any atom is 0.0757 e. The van der Waals surface area contributed by atoms with Gasteiger partial charge in [0, 0.05) is 0 Å². The van der Waals surface area contributed by atoms with Gasteiger partial charge in [0.05, 0.1) is 6.10 Å². The molecule has 4 aliphatic carbocycles. The Kier molecular flexibility index (Phi) is 3.13. The fourth-order valence-electron chi connectivity index (χ4n) is 6.95. The standard InChI is InChI=1S/C20H32O/c1-13-7-8-15-18-16(9-11-19(13,15)2)20(3)10-5-4-6-14(20)12-17(18)21/h12-13,15-18,21H,4-11H2,1-3H3/t13-,15+,16+,17+,18+,19-,20+/m1/s1. The van der Waals surface area contributed by atoms with Crippen LogP contribution in [0.1, 0.15) is 72.1 Å². The Hall–Kier alpha value is -0.300. The normalized spacial score (nSPS) is 56.2. The lowest BCUT2D eigenvalue weighted by atomic mass is 9.47. The topological polar surface area (TPSA) is 20.2 Å². The van der Waals surface area contributed by atoms with Crippen LogP contribution in [0, 0.1) is 34.5 Å². The van der Waals surface area contributed by atoms with Crippen LogP contribution in [-0.2, 0) is 0 Å². The van der Waals surface area contributed by atoms with E-state index >= 15 is 0 Å². The molecule has 4 rings (SSSR count). The fourth-order valence-corrected chi connectivity index (χ4v) is 6.95. The zero-order valence-corrected chi connectivity index (χ0v) is 14.1. The average molecular weight is 288 g/mol. The summed E-state index contributed by atoms with van der Waals surface area (Å²) >= 11 is 0. The fraction of sp³-hybridized carbons (Fsp3) is 0.900. The van der Waals surface area contributed by atoms with Gasteiger partial charge < -0.3 is 5.11 Å². The van der Waals surface area contributed by atoms with Gasteiger partial charge in [-0.3, -0.25) is 0 Å². The van der Waals surface area contributed by atoms with E-state index in [1.54, 1.807) is 5.57 Å². The molecule has 21 heavy (non-hydrogen) atoms. The summed E-state index contributed by atoms with van der Waals surface area (Å²) in [5, 5.41) is 10.9. The lowest BCUT2D eigenvalue weighted by Gasteiger charge is -2.58. The van der Waals surface area contributed by atoms with Crippen molar-refractivity contribution in [3.8, 4) is 0 Å². The minimum atomic E-state index is -0.161. The molecule has 3 saturated carbocycles. The number of hydrogen-bond acceptors (Lipinski definition) is 1. The third-order valence-electron chi connectivity index (χ3n) is 8.52. The first-order chi connectivity index (χ1) is 9.97. The van der Waals surface area contributed by atoms with Crippen molar-refractivity contribution in [2.24, 2.45) is 34.5 Å². The van der Waals surface area contributed by atoms with Gasteiger partial charge in [0.1, 0.15) is 0 Å². The van der Waals surface area contributed by atoms with Crippen LogP contribution in [0.3, 0.4) is 0 Å². The summed E-state index contributed by atoms with van der Waals surface area (Å²) in [6.07, 6.45) is 13.0. The van der Waals surface area contributed by atoms with Crippen molar-refractivity contribution in [3.63, 3.8) is 0 Å². The maximum atomic E-state index is 10.9. The van der Waals surface area contributed by atoms with Crippen molar-refractivity contribution in [2.45, 2.75) is 78.2 Å². The second-order valence-electron chi connectivity index (χ2n) is 9.12. The zero-order chi connectivity index (χ0) is 14.8. The molecule has 1 heteroatoms. The predicted octanol–water partition coefficient (Wildman–Crippen LogP) is 4.95. The van der Waals surface area contributed by atoms with Crippen LogP contribution >= 0.6 is 0 Å². The van der Waals surface area contributed by atoms with Gasteiger partial charge in [0.25, 0.3) is 0 Å². The molecule has 0 aromatic rings. The molecule has 0 bridgehead atoms. The van der Waals surface area contributed by atoms with Crippen molar-refractivity contribution in [1.82, 2.24) is 0 Å². The largest absolute Gasteiger partial charge is 0.389 e. The molecule has 4 aliphatic rings. The molecular formula is C20H32O. The summed E-state index contributed by atoms with van der Waals surface area (Å²) in [7, 11) is 0.